The average molecular weight is 247 g/mol. The van der Waals surface area contributed by atoms with Gasteiger partial charge in [-0.25, -0.2) is 4.98 Å². The molecule has 15 heavy (non-hydrogen) atoms. The number of carbonyl (C=O) groups excluding carboxylic acids is 1. The van der Waals surface area contributed by atoms with Gasteiger partial charge < -0.3 is 4.90 Å². The van der Waals surface area contributed by atoms with E-state index in [2.05, 4.69) is 4.98 Å². The van der Waals surface area contributed by atoms with Crippen molar-refractivity contribution < 1.29 is 4.79 Å². The third-order valence-corrected chi connectivity index (χ3v) is 3.16. The molecule has 84 valence electrons. The van der Waals surface area contributed by atoms with E-state index in [4.69, 9.17) is 11.6 Å². The molecule has 0 radical (unpaired) electrons. The van der Waals surface area contributed by atoms with Gasteiger partial charge in [0, 0.05) is 19.0 Å². The lowest BCUT2D eigenvalue weighted by atomic mass is 10.3. The van der Waals surface area contributed by atoms with Crippen molar-refractivity contribution in [3.8, 4) is 0 Å². The van der Waals surface area contributed by atoms with Gasteiger partial charge in [-0.2, -0.15) is 0 Å². The lowest BCUT2D eigenvalue weighted by Gasteiger charge is -2.20. The Labute approximate surface area is 99.1 Å². The molecule has 0 saturated heterocycles. The largest absolute Gasteiger partial charge is 0.337 e. The first-order chi connectivity index (χ1) is 7.20. The second-order valence-corrected chi connectivity index (χ2v) is 4.48. The number of halogens is 1. The van der Waals surface area contributed by atoms with Crippen LogP contribution in [0, 0.1) is 6.92 Å². The Bertz CT molecular complexity index is 321. The van der Waals surface area contributed by atoms with E-state index in [1.807, 2.05) is 13.8 Å². The summed E-state index contributed by atoms with van der Waals surface area (Å²) in [4.78, 5) is 18.6. The molecule has 0 aromatic carbocycles. The van der Waals surface area contributed by atoms with Crippen LogP contribution in [-0.2, 0) is 0 Å². The fraction of sp³-hybridized carbons (Fsp3) is 0.600. The van der Waals surface area contributed by atoms with Crippen LogP contribution in [0.4, 0.5) is 0 Å². The predicted octanol–water partition coefficient (Wildman–Crippen LogP) is 2.54. The van der Waals surface area contributed by atoms with Crippen LogP contribution in [-0.4, -0.2) is 34.8 Å². The third kappa shape index (κ3) is 3.18. The minimum absolute atomic E-state index is 0.0532. The molecule has 1 heterocycles. The minimum Gasteiger partial charge on any atom is -0.337 e. The molecule has 0 unspecified atom stereocenters. The highest BCUT2D eigenvalue weighted by Gasteiger charge is 2.18. The van der Waals surface area contributed by atoms with Gasteiger partial charge in [0.1, 0.15) is 4.88 Å². The average Bonchev–Trinajstić information content (AvgIpc) is 2.63. The number of carbonyl (C=O) groups is 1. The summed E-state index contributed by atoms with van der Waals surface area (Å²) in [6.45, 7) is 5.26. The molecule has 0 aliphatic heterocycles. The number of aryl methyl sites for hydroxylation is 1. The molecule has 1 aromatic rings. The van der Waals surface area contributed by atoms with Crippen LogP contribution >= 0.6 is 22.9 Å². The molecule has 0 N–H and O–H groups in total. The Morgan fingerprint density at radius 2 is 2.33 bits per heavy atom. The summed E-state index contributed by atoms with van der Waals surface area (Å²) >= 11 is 7.06. The molecular weight excluding hydrogens is 232 g/mol. The summed E-state index contributed by atoms with van der Waals surface area (Å²) in [6.07, 6.45) is 0.945. The van der Waals surface area contributed by atoms with Crippen molar-refractivity contribution in [1.29, 1.82) is 0 Å². The van der Waals surface area contributed by atoms with Gasteiger partial charge >= 0.3 is 0 Å². The summed E-state index contributed by atoms with van der Waals surface area (Å²) in [7, 11) is 0. The molecule has 3 nitrogen and oxygen atoms in total. The summed E-state index contributed by atoms with van der Waals surface area (Å²) in [5.74, 6) is 0.529. The number of aromatic nitrogens is 1. The number of amides is 1. The van der Waals surface area contributed by atoms with Crippen LogP contribution in [0.3, 0.4) is 0 Å². The maximum absolute atomic E-state index is 12.0. The van der Waals surface area contributed by atoms with Crippen molar-refractivity contribution in [2.45, 2.75) is 20.3 Å². The Morgan fingerprint density at radius 1 is 1.60 bits per heavy atom. The Kier molecular flexibility index (Phi) is 5.05. The van der Waals surface area contributed by atoms with Crippen LogP contribution in [0.15, 0.2) is 5.51 Å². The summed E-state index contributed by atoms with van der Waals surface area (Å²) < 4.78 is 0. The standard InChI is InChI=1S/C10H15ClN2OS/c1-3-5-13(6-4-11)10(14)9-8(2)12-7-15-9/h7H,3-6H2,1-2H3. The first-order valence-electron chi connectivity index (χ1n) is 4.96. The van der Waals surface area contributed by atoms with E-state index in [-0.39, 0.29) is 5.91 Å². The van der Waals surface area contributed by atoms with Gasteiger partial charge in [-0.3, -0.25) is 4.79 Å². The van der Waals surface area contributed by atoms with E-state index >= 15 is 0 Å². The van der Waals surface area contributed by atoms with E-state index in [1.54, 1.807) is 10.4 Å². The van der Waals surface area contributed by atoms with E-state index in [9.17, 15) is 4.79 Å². The topological polar surface area (TPSA) is 33.2 Å². The van der Waals surface area contributed by atoms with Gasteiger partial charge in [0.2, 0.25) is 0 Å². The fourth-order valence-corrected chi connectivity index (χ4v) is 2.31. The van der Waals surface area contributed by atoms with Crippen LogP contribution in [0.5, 0.6) is 0 Å². The first-order valence-corrected chi connectivity index (χ1v) is 6.37. The van der Waals surface area contributed by atoms with Crippen molar-refractivity contribution in [3.05, 3.63) is 16.1 Å². The smallest absolute Gasteiger partial charge is 0.265 e. The summed E-state index contributed by atoms with van der Waals surface area (Å²) in [5.41, 5.74) is 2.51. The van der Waals surface area contributed by atoms with Crippen molar-refractivity contribution in [2.24, 2.45) is 0 Å². The van der Waals surface area contributed by atoms with Gasteiger partial charge in [-0.1, -0.05) is 6.92 Å². The highest BCUT2D eigenvalue weighted by atomic mass is 35.5. The molecule has 5 heteroatoms. The second kappa shape index (κ2) is 6.08. The zero-order valence-corrected chi connectivity index (χ0v) is 10.6. The Hall–Kier alpha value is -0.610. The number of thiazole rings is 1. The fourth-order valence-electron chi connectivity index (χ4n) is 1.34. The van der Waals surface area contributed by atoms with Crippen molar-refractivity contribution in [1.82, 2.24) is 9.88 Å². The first kappa shape index (κ1) is 12.5. The minimum atomic E-state index is 0.0532. The van der Waals surface area contributed by atoms with E-state index in [0.29, 0.717) is 12.4 Å². The van der Waals surface area contributed by atoms with Crippen LogP contribution in [0.2, 0.25) is 0 Å². The van der Waals surface area contributed by atoms with Gasteiger partial charge in [0.05, 0.1) is 11.2 Å². The number of alkyl halides is 1. The van der Waals surface area contributed by atoms with Crippen molar-refractivity contribution in [2.75, 3.05) is 19.0 Å². The molecular formula is C10H15ClN2OS. The molecule has 0 fully saturated rings. The van der Waals surface area contributed by atoms with Crippen LogP contribution in [0.1, 0.15) is 28.7 Å². The molecule has 0 bridgehead atoms. The molecule has 1 aromatic heterocycles. The summed E-state index contributed by atoms with van der Waals surface area (Å²) in [6, 6.07) is 0. The molecule has 0 aliphatic carbocycles. The molecule has 0 atom stereocenters. The molecule has 0 aliphatic rings. The number of hydrogen-bond donors (Lipinski definition) is 0. The zero-order chi connectivity index (χ0) is 11.3. The van der Waals surface area contributed by atoms with E-state index in [0.717, 1.165) is 23.5 Å². The monoisotopic (exact) mass is 246 g/mol. The van der Waals surface area contributed by atoms with Gasteiger partial charge in [-0.15, -0.1) is 22.9 Å². The summed E-state index contributed by atoms with van der Waals surface area (Å²) in [5, 5.41) is 0. The quantitative estimate of drug-likeness (QED) is 0.748. The normalized spacial score (nSPS) is 10.3. The maximum Gasteiger partial charge on any atom is 0.265 e. The van der Waals surface area contributed by atoms with Crippen LogP contribution in [0.25, 0.3) is 0 Å². The second-order valence-electron chi connectivity index (χ2n) is 3.25. The lowest BCUT2D eigenvalue weighted by Crippen LogP contribution is -2.33. The van der Waals surface area contributed by atoms with Crippen molar-refractivity contribution >= 4 is 28.8 Å². The molecule has 0 spiro atoms. The van der Waals surface area contributed by atoms with E-state index < -0.39 is 0 Å². The molecule has 1 rings (SSSR count). The Morgan fingerprint density at radius 3 is 2.80 bits per heavy atom. The predicted molar refractivity (Wildman–Crippen MR) is 63.8 cm³/mol. The lowest BCUT2D eigenvalue weighted by molar-refractivity contribution is 0.0769. The third-order valence-electron chi connectivity index (χ3n) is 2.07. The number of nitrogens with zero attached hydrogens (tertiary/aromatic N) is 2. The number of rotatable bonds is 5. The molecule has 1 amide bonds. The highest BCUT2D eigenvalue weighted by Crippen LogP contribution is 2.15. The SMILES string of the molecule is CCCN(CCCl)C(=O)c1scnc1C. The highest BCUT2D eigenvalue weighted by molar-refractivity contribution is 7.11. The van der Waals surface area contributed by atoms with Gasteiger partial charge in [0.15, 0.2) is 0 Å². The van der Waals surface area contributed by atoms with Crippen molar-refractivity contribution in [3.63, 3.8) is 0 Å². The van der Waals surface area contributed by atoms with Gasteiger partial charge in [0.25, 0.3) is 5.91 Å². The molecule has 0 saturated carbocycles. The Balaban J connectivity index is 2.76. The number of hydrogen-bond acceptors (Lipinski definition) is 3. The maximum atomic E-state index is 12.0. The van der Waals surface area contributed by atoms with Gasteiger partial charge in [-0.05, 0) is 13.3 Å². The van der Waals surface area contributed by atoms with E-state index in [1.165, 1.54) is 11.3 Å². The van der Waals surface area contributed by atoms with Crippen LogP contribution < -0.4 is 0 Å². The zero-order valence-electron chi connectivity index (χ0n) is 8.99.